The van der Waals surface area contributed by atoms with Crippen molar-refractivity contribution in [3.05, 3.63) is 68.5 Å². The Morgan fingerprint density at radius 3 is 2.52 bits per heavy atom. The first-order valence-electron chi connectivity index (χ1n) is 24.3. The number of carbonyl (C=O) groups excluding carboxylic acids is 3. The zero-order valence-corrected chi connectivity index (χ0v) is 38.6. The van der Waals surface area contributed by atoms with Crippen LogP contribution in [0.4, 0.5) is 0 Å². The van der Waals surface area contributed by atoms with E-state index in [1.807, 2.05) is 6.92 Å². The number of hydrogen-bond acceptors (Lipinski definition) is 9. The molecule has 2 aliphatic heterocycles. The molecular weight excluding hydrogens is 793 g/mol. The molecule has 1 N–H and O–H groups in total. The van der Waals surface area contributed by atoms with E-state index < -0.39 is 17.5 Å². The molecular formula is C53H68N2O8. The summed E-state index contributed by atoms with van der Waals surface area (Å²) in [5.74, 6) is 3.43. The van der Waals surface area contributed by atoms with Gasteiger partial charge in [0.2, 0.25) is 0 Å². The Morgan fingerprint density at radius 2 is 1.76 bits per heavy atom. The van der Waals surface area contributed by atoms with Crippen LogP contribution in [-0.4, -0.2) is 38.7 Å². The third-order valence-electron chi connectivity index (χ3n) is 17.5. The molecule has 1 aromatic carbocycles. The maximum Gasteiger partial charge on any atom is 0.343 e. The lowest BCUT2D eigenvalue weighted by Crippen LogP contribution is -2.51. The molecule has 2 aromatic heterocycles. The Kier molecular flexibility index (Phi) is 11.6. The average molecular weight is 861 g/mol. The molecule has 10 heteroatoms. The van der Waals surface area contributed by atoms with Gasteiger partial charge in [0.05, 0.1) is 41.9 Å². The third-order valence-corrected chi connectivity index (χ3v) is 17.5. The van der Waals surface area contributed by atoms with Gasteiger partial charge >= 0.3 is 17.9 Å². The number of esters is 3. The molecule has 10 nitrogen and oxygen atoms in total. The Morgan fingerprint density at radius 1 is 0.968 bits per heavy atom. The van der Waals surface area contributed by atoms with E-state index in [1.54, 1.807) is 35.8 Å². The number of aliphatic hydroxyl groups is 1. The van der Waals surface area contributed by atoms with Crippen molar-refractivity contribution < 1.29 is 33.7 Å². The summed E-state index contributed by atoms with van der Waals surface area (Å²) in [5, 5.41) is 12.1. The minimum Gasteiger partial charge on any atom is -0.462 e. The standard InChI is InChI=1S/C53H68N2O8/c1-8-35-37-26-33(14-18-44(37)54-48-38(35)28-55-45(48)27-43-39(49(55)58)29-61-50(59)53(43,60)9-2)62-46(56)19-20-47(57)63-34-21-23-51(6)32(25-34)13-15-36-41-17-16-40(31(5)12-10-11-30(3)4)52(41,7)24-22-42(36)51/h13-14,18,26-27,30-31,34,36,40-42,60H,8-12,15-17,19-25,28-29H2,1-7H3/t31?,34-,36-,40+,41-,42-,51-,52+,53-/m0/s1. The van der Waals surface area contributed by atoms with Crippen LogP contribution in [-0.2, 0) is 49.0 Å². The molecule has 63 heavy (non-hydrogen) atoms. The maximum atomic E-state index is 13.7. The van der Waals surface area contributed by atoms with E-state index in [9.17, 15) is 24.3 Å². The highest BCUT2D eigenvalue weighted by molar-refractivity contribution is 5.90. The normalized spacial score (nSPS) is 30.9. The molecule has 9 rings (SSSR count). The lowest BCUT2D eigenvalue weighted by molar-refractivity contribution is -0.172. The number of aromatic nitrogens is 2. The average Bonchev–Trinajstić information content (AvgIpc) is 3.81. The molecule has 0 radical (unpaired) electrons. The number of pyridine rings is 2. The topological polar surface area (TPSA) is 134 Å². The maximum absolute atomic E-state index is 13.7. The molecule has 3 aromatic rings. The fourth-order valence-corrected chi connectivity index (χ4v) is 14.0. The summed E-state index contributed by atoms with van der Waals surface area (Å²) < 4.78 is 18.7. The van der Waals surface area contributed by atoms with Crippen LogP contribution in [0, 0.1) is 46.3 Å². The van der Waals surface area contributed by atoms with Gasteiger partial charge in [-0.25, -0.2) is 9.78 Å². The Labute approximate surface area is 372 Å². The molecule has 0 spiro atoms. The highest BCUT2D eigenvalue weighted by atomic mass is 16.6. The molecule has 0 amide bonds. The van der Waals surface area contributed by atoms with Crippen LogP contribution in [0.3, 0.4) is 0 Å². The fraction of sp³-hybridized carbons (Fsp3) is 0.642. The number of cyclic esters (lactones) is 1. The van der Waals surface area contributed by atoms with Crippen molar-refractivity contribution in [1.29, 1.82) is 0 Å². The summed E-state index contributed by atoms with van der Waals surface area (Å²) in [6.07, 6.45) is 16.3. The largest absolute Gasteiger partial charge is 0.462 e. The summed E-state index contributed by atoms with van der Waals surface area (Å²) in [6, 6.07) is 6.99. The highest BCUT2D eigenvalue weighted by Gasteiger charge is 2.59. The van der Waals surface area contributed by atoms with Crippen LogP contribution in [0.15, 0.2) is 40.7 Å². The predicted molar refractivity (Wildman–Crippen MR) is 242 cm³/mol. The number of carbonyl (C=O) groups is 3. The Hall–Kier alpha value is -4.31. The number of nitrogens with zero attached hydrogens (tertiary/aromatic N) is 2. The van der Waals surface area contributed by atoms with Crippen LogP contribution in [0.1, 0.15) is 161 Å². The van der Waals surface area contributed by atoms with E-state index >= 15 is 0 Å². The minimum atomic E-state index is -1.90. The van der Waals surface area contributed by atoms with Crippen LogP contribution in [0.5, 0.6) is 5.75 Å². The fourth-order valence-electron chi connectivity index (χ4n) is 14.0. The van der Waals surface area contributed by atoms with Crippen molar-refractivity contribution in [1.82, 2.24) is 9.55 Å². The van der Waals surface area contributed by atoms with Crippen LogP contribution >= 0.6 is 0 Å². The second-order valence-corrected chi connectivity index (χ2v) is 21.2. The zero-order valence-electron chi connectivity index (χ0n) is 38.6. The number of benzene rings is 1. The summed E-state index contributed by atoms with van der Waals surface area (Å²) in [7, 11) is 0. The van der Waals surface area contributed by atoms with Gasteiger partial charge in [-0.05, 0) is 134 Å². The van der Waals surface area contributed by atoms with Gasteiger partial charge in [0.25, 0.3) is 5.56 Å². The number of hydrogen-bond donors (Lipinski definition) is 1. The van der Waals surface area contributed by atoms with Crippen molar-refractivity contribution in [2.45, 2.75) is 170 Å². The van der Waals surface area contributed by atoms with Gasteiger partial charge < -0.3 is 23.9 Å². The van der Waals surface area contributed by atoms with Crippen LogP contribution in [0.25, 0.3) is 22.3 Å². The zero-order chi connectivity index (χ0) is 44.6. The second kappa shape index (κ2) is 16.6. The Bertz CT molecular complexity index is 2430. The smallest absolute Gasteiger partial charge is 0.343 e. The van der Waals surface area contributed by atoms with Gasteiger partial charge in [-0.3, -0.25) is 14.4 Å². The van der Waals surface area contributed by atoms with E-state index in [4.69, 9.17) is 19.2 Å². The molecule has 9 atom stereocenters. The van der Waals surface area contributed by atoms with E-state index in [1.165, 1.54) is 50.5 Å². The van der Waals surface area contributed by atoms with E-state index in [0.717, 1.165) is 71.8 Å². The molecule has 1 unspecified atom stereocenters. The van der Waals surface area contributed by atoms with Crippen molar-refractivity contribution in [2.24, 2.45) is 46.3 Å². The monoisotopic (exact) mass is 860 g/mol. The molecule has 3 fully saturated rings. The van der Waals surface area contributed by atoms with Gasteiger partial charge in [0.1, 0.15) is 18.5 Å². The first kappa shape index (κ1) is 43.9. The lowest BCUT2D eigenvalue weighted by Gasteiger charge is -2.58. The SMILES string of the molecule is CCc1c2c(nc3ccc(OC(=O)CCC(=O)O[C@H]4CC[C@@]5(C)C(=CC[C@H]6[C@@H]7CC[C@H](C(C)CCCC(C)C)[C@@]7(C)CC[C@@H]65)C4)cc13)-c1cc3c(c(=O)n1C2)COC(=O)[C@]3(O)CC. The highest BCUT2D eigenvalue weighted by Crippen LogP contribution is 2.67. The van der Waals surface area contributed by atoms with Gasteiger partial charge in [0.15, 0.2) is 5.60 Å². The summed E-state index contributed by atoms with van der Waals surface area (Å²) in [5.41, 5.74) is 4.14. The molecule has 6 aliphatic rings. The molecule has 0 saturated heterocycles. The summed E-state index contributed by atoms with van der Waals surface area (Å²) >= 11 is 0. The summed E-state index contributed by atoms with van der Waals surface area (Å²) in [4.78, 5) is 57.6. The third kappa shape index (κ3) is 7.38. The van der Waals surface area contributed by atoms with Crippen LogP contribution < -0.4 is 10.3 Å². The Balaban J connectivity index is 0.813. The summed E-state index contributed by atoms with van der Waals surface area (Å²) in [6.45, 7) is 16.2. The number of ether oxygens (including phenoxy) is 3. The lowest BCUT2D eigenvalue weighted by atomic mass is 9.47. The molecule has 4 aliphatic carbocycles. The van der Waals surface area contributed by atoms with Crippen molar-refractivity contribution >= 4 is 28.8 Å². The van der Waals surface area contributed by atoms with Gasteiger partial charge in [-0.2, -0.15) is 0 Å². The van der Waals surface area contributed by atoms with E-state index in [2.05, 4.69) is 40.7 Å². The molecule has 0 bridgehead atoms. The van der Waals surface area contributed by atoms with Crippen molar-refractivity contribution in [2.75, 3.05) is 0 Å². The predicted octanol–water partition coefficient (Wildman–Crippen LogP) is 10.3. The van der Waals surface area contributed by atoms with Gasteiger partial charge in [-0.15, -0.1) is 0 Å². The number of rotatable bonds is 12. The molecule has 3 saturated carbocycles. The van der Waals surface area contributed by atoms with E-state index in [-0.39, 0.29) is 66.6 Å². The van der Waals surface area contributed by atoms with Crippen LogP contribution in [0.2, 0.25) is 0 Å². The van der Waals surface area contributed by atoms with Gasteiger partial charge in [0, 0.05) is 22.9 Å². The number of fused-ring (bicyclic) bond motifs is 10. The molecule has 4 heterocycles. The quantitative estimate of drug-likeness (QED) is 0.0839. The first-order chi connectivity index (χ1) is 30.1. The van der Waals surface area contributed by atoms with Crippen molar-refractivity contribution in [3.8, 4) is 17.1 Å². The van der Waals surface area contributed by atoms with Gasteiger partial charge in [-0.1, -0.05) is 79.4 Å². The number of allylic oxidation sites excluding steroid dienone is 1. The van der Waals surface area contributed by atoms with Crippen molar-refractivity contribution in [3.63, 3.8) is 0 Å². The van der Waals surface area contributed by atoms with E-state index in [0.29, 0.717) is 40.4 Å². The molecule has 338 valence electrons. The minimum absolute atomic E-state index is 0.0443. The second-order valence-electron chi connectivity index (χ2n) is 21.2. The number of aryl methyl sites for hydroxylation is 1. The first-order valence-corrected chi connectivity index (χ1v) is 24.3.